The number of ether oxygens (including phenoxy) is 4. The normalized spacial score (nSPS) is 11.4. The number of carbonyl (C=O) groups is 2. The van der Waals surface area contributed by atoms with Crippen LogP contribution in [0.2, 0.25) is 0 Å². The number of hydrogen-bond donors (Lipinski definition) is 1. The number of fused-ring (bicyclic) bond motifs is 1. The van der Waals surface area contributed by atoms with Gasteiger partial charge in [-0.3, -0.25) is 4.79 Å². The van der Waals surface area contributed by atoms with Crippen LogP contribution in [0, 0.1) is 6.92 Å². The lowest BCUT2D eigenvalue weighted by Crippen LogP contribution is -2.43. The van der Waals surface area contributed by atoms with Crippen molar-refractivity contribution in [2.24, 2.45) is 0 Å². The zero-order valence-corrected chi connectivity index (χ0v) is 25.3. The predicted molar refractivity (Wildman–Crippen MR) is 171 cm³/mol. The number of nitrogens with zero attached hydrogens (tertiary/aromatic N) is 2. The molecule has 0 aliphatic carbocycles. The van der Waals surface area contributed by atoms with Crippen molar-refractivity contribution < 1.29 is 28.5 Å². The van der Waals surface area contributed by atoms with E-state index in [4.69, 9.17) is 18.9 Å². The number of carbonyl (C=O) groups excluding carboxylic acids is 2. The Morgan fingerprint density at radius 2 is 1.33 bits per heavy atom. The van der Waals surface area contributed by atoms with Crippen LogP contribution < -0.4 is 19.5 Å². The molecule has 4 aromatic carbocycles. The summed E-state index contributed by atoms with van der Waals surface area (Å²) in [6.45, 7) is 4.80. The van der Waals surface area contributed by atoms with Crippen LogP contribution in [0.5, 0.6) is 17.4 Å². The minimum atomic E-state index is -0.858. The largest absolute Gasteiger partial charge is 0.490 e. The average molecular weight is 606 g/mol. The molecule has 5 aromatic rings. The fourth-order valence-corrected chi connectivity index (χ4v) is 4.59. The van der Waals surface area contributed by atoms with E-state index >= 15 is 0 Å². The van der Waals surface area contributed by atoms with Gasteiger partial charge in [0.2, 0.25) is 5.88 Å². The molecule has 45 heavy (non-hydrogen) atoms. The van der Waals surface area contributed by atoms with Crippen molar-refractivity contribution in [3.05, 3.63) is 126 Å². The number of hydrogen-bond acceptors (Lipinski definition) is 8. The van der Waals surface area contributed by atoms with E-state index in [2.05, 4.69) is 15.3 Å². The summed E-state index contributed by atoms with van der Waals surface area (Å²) in [7, 11) is 0. The van der Waals surface area contributed by atoms with Crippen molar-refractivity contribution >= 4 is 22.9 Å². The number of benzene rings is 4. The minimum Gasteiger partial charge on any atom is -0.490 e. The average Bonchev–Trinajstić information content (AvgIpc) is 3.07. The molecule has 0 fully saturated rings. The maximum absolute atomic E-state index is 13.1. The third-order valence-corrected chi connectivity index (χ3v) is 6.90. The molecule has 5 rings (SSSR count). The first-order valence-corrected chi connectivity index (χ1v) is 14.8. The standard InChI is InChI=1S/C36H35N3O6/c1-3-42-36(41)33(23-26-13-17-30(18-14-26)45-24-27-9-5-4-6-10-27)38-34(40)28-15-19-29(20-16-28)43-21-22-44-35-25(2)37-31-11-7-8-12-32(31)39-35/h4-20,33H,3,21-24H2,1-2H3,(H,38,40). The van der Waals surface area contributed by atoms with Crippen molar-refractivity contribution in [1.29, 1.82) is 0 Å². The Kier molecular flexibility index (Phi) is 10.6. The Bertz CT molecular complexity index is 1710. The first kappa shape index (κ1) is 31.0. The third-order valence-electron chi connectivity index (χ3n) is 6.90. The van der Waals surface area contributed by atoms with E-state index in [1.807, 2.05) is 85.8 Å². The van der Waals surface area contributed by atoms with Gasteiger partial charge < -0.3 is 24.3 Å². The van der Waals surface area contributed by atoms with Gasteiger partial charge in [0, 0.05) is 12.0 Å². The summed E-state index contributed by atoms with van der Waals surface area (Å²) < 4.78 is 22.7. The van der Waals surface area contributed by atoms with Crippen LogP contribution in [-0.4, -0.2) is 47.7 Å². The van der Waals surface area contributed by atoms with Gasteiger partial charge in [0.05, 0.1) is 17.6 Å². The van der Waals surface area contributed by atoms with Crippen LogP contribution in [-0.2, 0) is 22.6 Å². The molecular weight excluding hydrogens is 570 g/mol. The second-order valence-electron chi connectivity index (χ2n) is 10.2. The molecule has 230 valence electrons. The van der Waals surface area contributed by atoms with Crippen LogP contribution in [0.3, 0.4) is 0 Å². The van der Waals surface area contributed by atoms with E-state index < -0.39 is 17.9 Å². The van der Waals surface area contributed by atoms with Crippen molar-refractivity contribution in [1.82, 2.24) is 15.3 Å². The summed E-state index contributed by atoms with van der Waals surface area (Å²) in [5, 5.41) is 2.82. The molecule has 1 atom stereocenters. The molecule has 0 saturated carbocycles. The van der Waals surface area contributed by atoms with Crippen molar-refractivity contribution in [2.75, 3.05) is 19.8 Å². The van der Waals surface area contributed by atoms with E-state index in [0.717, 1.165) is 22.2 Å². The van der Waals surface area contributed by atoms with Crippen LogP contribution >= 0.6 is 0 Å². The molecule has 9 heteroatoms. The molecule has 9 nitrogen and oxygen atoms in total. The topological polar surface area (TPSA) is 109 Å². The minimum absolute atomic E-state index is 0.209. The van der Waals surface area contributed by atoms with Crippen LogP contribution in [0.25, 0.3) is 11.0 Å². The third kappa shape index (κ3) is 8.79. The molecule has 1 N–H and O–H groups in total. The number of aromatic nitrogens is 2. The summed E-state index contributed by atoms with van der Waals surface area (Å²) in [5.74, 6) is 0.865. The molecule has 0 saturated heterocycles. The van der Waals surface area contributed by atoms with Gasteiger partial charge in [-0.2, -0.15) is 0 Å². The summed E-state index contributed by atoms with van der Waals surface area (Å²) in [6, 6.07) is 30.8. The lowest BCUT2D eigenvalue weighted by Gasteiger charge is -2.18. The number of rotatable bonds is 14. The molecule has 0 spiro atoms. The Morgan fingerprint density at radius 3 is 2.04 bits per heavy atom. The van der Waals surface area contributed by atoms with E-state index in [9.17, 15) is 9.59 Å². The van der Waals surface area contributed by atoms with Crippen LogP contribution in [0.4, 0.5) is 0 Å². The maximum atomic E-state index is 13.1. The number of esters is 1. The van der Waals surface area contributed by atoms with Gasteiger partial charge >= 0.3 is 5.97 Å². The molecule has 0 aliphatic heterocycles. The summed E-state index contributed by atoms with van der Waals surface area (Å²) in [5.41, 5.74) is 4.60. The highest BCUT2D eigenvalue weighted by Crippen LogP contribution is 2.19. The summed E-state index contributed by atoms with van der Waals surface area (Å²) >= 11 is 0. The molecule has 0 radical (unpaired) electrons. The Hall–Kier alpha value is -5.44. The molecule has 1 aromatic heterocycles. The van der Waals surface area contributed by atoms with Crippen molar-refractivity contribution in [3.8, 4) is 17.4 Å². The quantitative estimate of drug-likeness (QED) is 0.124. The molecule has 0 bridgehead atoms. The van der Waals surface area contributed by atoms with Gasteiger partial charge in [0.15, 0.2) is 0 Å². The first-order chi connectivity index (χ1) is 22.0. The Balaban J connectivity index is 1.12. The highest BCUT2D eigenvalue weighted by molar-refractivity contribution is 5.97. The Morgan fingerprint density at radius 1 is 0.711 bits per heavy atom. The van der Waals surface area contributed by atoms with Crippen LogP contribution in [0.1, 0.15) is 34.1 Å². The fourth-order valence-electron chi connectivity index (χ4n) is 4.59. The van der Waals surface area contributed by atoms with Crippen molar-refractivity contribution in [3.63, 3.8) is 0 Å². The molecular formula is C36H35N3O6. The second kappa shape index (κ2) is 15.3. The van der Waals surface area contributed by atoms with Gasteiger partial charge in [0.25, 0.3) is 5.91 Å². The van der Waals surface area contributed by atoms with Gasteiger partial charge in [-0.25, -0.2) is 14.8 Å². The Labute approximate surface area is 262 Å². The monoisotopic (exact) mass is 605 g/mol. The van der Waals surface area contributed by atoms with E-state index in [-0.39, 0.29) is 26.2 Å². The van der Waals surface area contributed by atoms with Gasteiger partial charge in [0.1, 0.15) is 43.1 Å². The van der Waals surface area contributed by atoms with Crippen molar-refractivity contribution in [2.45, 2.75) is 32.9 Å². The first-order valence-electron chi connectivity index (χ1n) is 14.8. The van der Waals surface area contributed by atoms with E-state index in [1.54, 1.807) is 31.2 Å². The van der Waals surface area contributed by atoms with Gasteiger partial charge in [-0.05, 0) is 73.5 Å². The summed E-state index contributed by atoms with van der Waals surface area (Å²) in [4.78, 5) is 34.8. The summed E-state index contributed by atoms with van der Waals surface area (Å²) in [6.07, 6.45) is 0.270. The molecule has 0 aliphatic rings. The lowest BCUT2D eigenvalue weighted by atomic mass is 10.0. The van der Waals surface area contributed by atoms with E-state index in [1.165, 1.54) is 0 Å². The SMILES string of the molecule is CCOC(=O)C(Cc1ccc(OCc2ccccc2)cc1)NC(=O)c1ccc(OCCOc2nc3ccccc3nc2C)cc1. The van der Waals surface area contributed by atoms with Crippen LogP contribution in [0.15, 0.2) is 103 Å². The zero-order chi connectivity index (χ0) is 31.4. The van der Waals surface area contributed by atoms with Gasteiger partial charge in [-0.1, -0.05) is 54.6 Å². The number of aryl methyl sites for hydroxylation is 1. The number of nitrogens with one attached hydrogen (secondary N) is 1. The fraction of sp³-hybridized carbons (Fsp3) is 0.222. The molecule has 1 amide bonds. The lowest BCUT2D eigenvalue weighted by molar-refractivity contribution is -0.145. The highest BCUT2D eigenvalue weighted by Gasteiger charge is 2.23. The van der Waals surface area contributed by atoms with Gasteiger partial charge in [-0.15, -0.1) is 0 Å². The number of para-hydroxylation sites is 2. The predicted octanol–water partition coefficient (Wildman–Crippen LogP) is 5.88. The second-order valence-corrected chi connectivity index (χ2v) is 10.2. The highest BCUT2D eigenvalue weighted by atomic mass is 16.5. The molecule has 1 unspecified atom stereocenters. The zero-order valence-electron chi connectivity index (χ0n) is 25.3. The molecule has 1 heterocycles. The van der Waals surface area contributed by atoms with E-state index in [0.29, 0.717) is 35.2 Å². The number of amides is 1. The smallest absolute Gasteiger partial charge is 0.328 e. The maximum Gasteiger partial charge on any atom is 0.328 e.